The molecule has 144 valence electrons. The maximum atomic E-state index is 12.5. The minimum absolute atomic E-state index is 0.224. The third kappa shape index (κ3) is 4.58. The van der Waals surface area contributed by atoms with Gasteiger partial charge in [0.05, 0.1) is 17.2 Å². The third-order valence-corrected chi connectivity index (χ3v) is 4.53. The molecule has 0 spiro atoms. The quantitative estimate of drug-likeness (QED) is 0.628. The van der Waals surface area contributed by atoms with Crippen LogP contribution >= 0.6 is 11.6 Å². The van der Waals surface area contributed by atoms with Gasteiger partial charge >= 0.3 is 5.97 Å². The molecule has 3 rings (SSSR count). The smallest absolute Gasteiger partial charge is 0.339 e. The highest BCUT2D eigenvalue weighted by molar-refractivity contribution is 6.34. The summed E-state index contributed by atoms with van der Waals surface area (Å²) in [5.74, 6) is 0.185. The van der Waals surface area contributed by atoms with Crippen LogP contribution < -0.4 is 5.32 Å². The Morgan fingerprint density at radius 3 is 2.54 bits per heavy atom. The number of benzene rings is 2. The molecule has 1 amide bonds. The monoisotopic (exact) mass is 397 g/mol. The van der Waals surface area contributed by atoms with Crippen LogP contribution in [0.5, 0.6) is 0 Å². The lowest BCUT2D eigenvalue weighted by Crippen LogP contribution is -2.12. The van der Waals surface area contributed by atoms with E-state index >= 15 is 0 Å². The fourth-order valence-corrected chi connectivity index (χ4v) is 2.96. The van der Waals surface area contributed by atoms with Crippen molar-refractivity contribution in [3.05, 3.63) is 82.4 Å². The van der Waals surface area contributed by atoms with Crippen molar-refractivity contribution in [2.75, 3.05) is 11.9 Å². The van der Waals surface area contributed by atoms with Crippen molar-refractivity contribution in [1.29, 1.82) is 0 Å². The van der Waals surface area contributed by atoms with Crippen molar-refractivity contribution in [2.45, 2.75) is 20.4 Å². The highest BCUT2D eigenvalue weighted by atomic mass is 35.5. The molecule has 0 fully saturated rings. The molecule has 0 saturated heterocycles. The lowest BCUT2D eigenvalue weighted by molar-refractivity contribution is 0.0526. The second-order valence-electron chi connectivity index (χ2n) is 6.17. The van der Waals surface area contributed by atoms with Gasteiger partial charge in [0.1, 0.15) is 5.82 Å². The highest BCUT2D eigenvalue weighted by Crippen LogP contribution is 2.22. The Labute approximate surface area is 168 Å². The summed E-state index contributed by atoms with van der Waals surface area (Å²) in [6.45, 7) is 4.63. The van der Waals surface area contributed by atoms with E-state index < -0.39 is 5.97 Å². The fourth-order valence-electron chi connectivity index (χ4n) is 2.70. The van der Waals surface area contributed by atoms with Gasteiger partial charge in [-0.2, -0.15) is 0 Å². The predicted octanol–water partition coefficient (Wildman–Crippen LogP) is 4.32. The molecule has 1 N–H and O–H groups in total. The SMILES string of the molecule is CCOC(=O)c1ccc(NC(=O)c2ccc(Cn3ccnc3C)cc2)cc1Cl. The number of esters is 1. The maximum Gasteiger partial charge on any atom is 0.339 e. The number of rotatable bonds is 6. The molecule has 6 nitrogen and oxygen atoms in total. The first-order valence-electron chi connectivity index (χ1n) is 8.82. The number of nitrogens with one attached hydrogen (secondary N) is 1. The normalized spacial score (nSPS) is 10.5. The summed E-state index contributed by atoms with van der Waals surface area (Å²) in [5, 5.41) is 3.00. The van der Waals surface area contributed by atoms with E-state index in [0.29, 0.717) is 17.8 Å². The fraction of sp³-hybridized carbons (Fsp3) is 0.190. The largest absolute Gasteiger partial charge is 0.462 e. The number of ether oxygens (including phenoxy) is 1. The molecular formula is C21H20ClN3O3. The van der Waals surface area contributed by atoms with E-state index in [1.807, 2.05) is 29.8 Å². The van der Waals surface area contributed by atoms with Gasteiger partial charge in [-0.05, 0) is 49.7 Å². The predicted molar refractivity (Wildman–Crippen MR) is 108 cm³/mol. The number of carbonyl (C=O) groups is 2. The van der Waals surface area contributed by atoms with Crippen LogP contribution in [-0.4, -0.2) is 28.0 Å². The number of halogens is 1. The maximum absolute atomic E-state index is 12.5. The van der Waals surface area contributed by atoms with Gasteiger partial charge in [0.2, 0.25) is 0 Å². The Balaban J connectivity index is 1.67. The van der Waals surface area contributed by atoms with Crippen molar-refractivity contribution in [2.24, 2.45) is 0 Å². The number of anilines is 1. The van der Waals surface area contributed by atoms with Crippen LogP contribution in [0.1, 0.15) is 39.0 Å². The summed E-state index contributed by atoms with van der Waals surface area (Å²) in [5.41, 5.74) is 2.36. The number of carbonyl (C=O) groups excluding carboxylic acids is 2. The molecule has 0 atom stereocenters. The van der Waals surface area contributed by atoms with Crippen LogP contribution in [0, 0.1) is 6.92 Å². The molecule has 0 bridgehead atoms. The van der Waals surface area contributed by atoms with E-state index in [9.17, 15) is 9.59 Å². The molecule has 28 heavy (non-hydrogen) atoms. The first-order valence-corrected chi connectivity index (χ1v) is 9.20. The molecule has 0 radical (unpaired) electrons. The average Bonchev–Trinajstić information content (AvgIpc) is 3.07. The van der Waals surface area contributed by atoms with E-state index in [0.717, 1.165) is 11.4 Å². The van der Waals surface area contributed by atoms with E-state index in [2.05, 4.69) is 10.3 Å². The molecule has 7 heteroatoms. The molecule has 0 unspecified atom stereocenters. The second-order valence-corrected chi connectivity index (χ2v) is 6.58. The molecule has 0 aliphatic rings. The van der Waals surface area contributed by atoms with E-state index in [1.54, 1.807) is 31.3 Å². The molecule has 0 saturated carbocycles. The van der Waals surface area contributed by atoms with Crippen LogP contribution in [0.3, 0.4) is 0 Å². The minimum atomic E-state index is -0.492. The number of aryl methyl sites for hydroxylation is 1. The number of hydrogen-bond donors (Lipinski definition) is 1. The molecule has 0 aliphatic carbocycles. The standard InChI is InChI=1S/C21H20ClN3O3/c1-3-28-21(27)18-9-8-17(12-19(18)22)24-20(26)16-6-4-15(5-7-16)13-25-11-10-23-14(25)2/h4-12H,3,13H2,1-2H3,(H,24,26). The molecule has 1 aromatic heterocycles. The first kappa shape index (κ1) is 19.6. The third-order valence-electron chi connectivity index (χ3n) is 4.21. The van der Waals surface area contributed by atoms with E-state index in [-0.39, 0.29) is 23.1 Å². The van der Waals surface area contributed by atoms with Crippen LogP contribution in [0.2, 0.25) is 5.02 Å². The second kappa shape index (κ2) is 8.71. The van der Waals surface area contributed by atoms with Crippen molar-refractivity contribution in [3.63, 3.8) is 0 Å². The summed E-state index contributed by atoms with van der Waals surface area (Å²) in [6, 6.07) is 12.0. The average molecular weight is 398 g/mol. The summed E-state index contributed by atoms with van der Waals surface area (Å²) < 4.78 is 6.97. The van der Waals surface area contributed by atoms with Crippen molar-refractivity contribution in [1.82, 2.24) is 9.55 Å². The van der Waals surface area contributed by atoms with Crippen LogP contribution in [0.15, 0.2) is 54.9 Å². The van der Waals surface area contributed by atoms with E-state index in [1.165, 1.54) is 12.1 Å². The van der Waals surface area contributed by atoms with Crippen LogP contribution in [0.4, 0.5) is 5.69 Å². The zero-order chi connectivity index (χ0) is 20.1. The van der Waals surface area contributed by atoms with Gasteiger partial charge in [-0.25, -0.2) is 9.78 Å². The van der Waals surface area contributed by atoms with Gasteiger partial charge in [0, 0.05) is 30.2 Å². The number of nitrogens with zero attached hydrogens (tertiary/aromatic N) is 2. The van der Waals surface area contributed by atoms with Crippen molar-refractivity contribution >= 4 is 29.2 Å². The Bertz CT molecular complexity index is 996. The summed E-state index contributed by atoms with van der Waals surface area (Å²) in [7, 11) is 0. The van der Waals surface area contributed by atoms with Crippen molar-refractivity contribution < 1.29 is 14.3 Å². The molecule has 1 heterocycles. The number of imidazole rings is 1. The van der Waals surface area contributed by atoms with Gasteiger partial charge < -0.3 is 14.6 Å². The number of aromatic nitrogens is 2. The molecular weight excluding hydrogens is 378 g/mol. The minimum Gasteiger partial charge on any atom is -0.462 e. The lowest BCUT2D eigenvalue weighted by Gasteiger charge is -2.09. The molecule has 3 aromatic rings. The lowest BCUT2D eigenvalue weighted by atomic mass is 10.1. The summed E-state index contributed by atoms with van der Waals surface area (Å²) in [4.78, 5) is 28.5. The van der Waals surface area contributed by atoms with Gasteiger partial charge in [-0.3, -0.25) is 4.79 Å². The van der Waals surface area contributed by atoms with Crippen LogP contribution in [0.25, 0.3) is 0 Å². The van der Waals surface area contributed by atoms with Gasteiger partial charge in [0.15, 0.2) is 0 Å². The van der Waals surface area contributed by atoms with Gasteiger partial charge in [-0.15, -0.1) is 0 Å². The zero-order valence-corrected chi connectivity index (χ0v) is 16.4. The Kier molecular flexibility index (Phi) is 6.11. The van der Waals surface area contributed by atoms with Gasteiger partial charge in [-0.1, -0.05) is 23.7 Å². The summed E-state index contributed by atoms with van der Waals surface area (Å²) >= 11 is 6.13. The first-order chi connectivity index (χ1) is 13.5. The number of hydrogen-bond acceptors (Lipinski definition) is 4. The Morgan fingerprint density at radius 2 is 1.93 bits per heavy atom. The Hall–Kier alpha value is -3.12. The van der Waals surface area contributed by atoms with E-state index in [4.69, 9.17) is 16.3 Å². The summed E-state index contributed by atoms with van der Waals surface area (Å²) in [6.07, 6.45) is 3.68. The van der Waals surface area contributed by atoms with Gasteiger partial charge in [0.25, 0.3) is 5.91 Å². The molecule has 0 aliphatic heterocycles. The zero-order valence-electron chi connectivity index (χ0n) is 15.6. The van der Waals surface area contributed by atoms with Crippen LogP contribution in [-0.2, 0) is 11.3 Å². The topological polar surface area (TPSA) is 73.2 Å². The van der Waals surface area contributed by atoms with Crippen molar-refractivity contribution in [3.8, 4) is 0 Å². The molecule has 2 aromatic carbocycles. The highest BCUT2D eigenvalue weighted by Gasteiger charge is 2.13. The Morgan fingerprint density at radius 1 is 1.18 bits per heavy atom. The number of amides is 1.